The lowest BCUT2D eigenvalue weighted by Gasteiger charge is -2.34. The fourth-order valence-corrected chi connectivity index (χ4v) is 3.70. The summed E-state index contributed by atoms with van der Waals surface area (Å²) in [5.41, 5.74) is 0.907. The molecule has 1 atom stereocenters. The summed E-state index contributed by atoms with van der Waals surface area (Å²) in [7, 11) is 0. The Morgan fingerprint density at radius 3 is 3.00 bits per heavy atom. The van der Waals surface area contributed by atoms with Crippen molar-refractivity contribution in [2.45, 2.75) is 38.6 Å². The second-order valence-electron chi connectivity index (χ2n) is 6.91. The Hall–Kier alpha value is -2.22. The third kappa shape index (κ3) is 3.44. The van der Waals surface area contributed by atoms with Crippen molar-refractivity contribution in [1.29, 1.82) is 0 Å². The molecule has 1 N–H and O–H groups in total. The first kappa shape index (κ1) is 16.3. The van der Waals surface area contributed by atoms with Crippen LogP contribution >= 0.6 is 0 Å². The molecule has 0 saturated carbocycles. The molecular weight excluding hydrogens is 320 g/mol. The highest BCUT2D eigenvalue weighted by Gasteiger charge is 2.29. The van der Waals surface area contributed by atoms with Crippen LogP contribution in [0.3, 0.4) is 0 Å². The summed E-state index contributed by atoms with van der Waals surface area (Å²) in [5, 5.41) is 7.50. The van der Waals surface area contributed by atoms with E-state index in [4.69, 9.17) is 4.74 Å². The smallest absolute Gasteiger partial charge is 0.254 e. The zero-order valence-electron chi connectivity index (χ0n) is 14.5. The molecule has 8 nitrogen and oxygen atoms in total. The summed E-state index contributed by atoms with van der Waals surface area (Å²) in [6, 6.07) is 2.27. The van der Waals surface area contributed by atoms with Crippen molar-refractivity contribution < 1.29 is 9.53 Å². The zero-order valence-corrected chi connectivity index (χ0v) is 14.5. The SMILES string of the molecule is Cc1cc(N2CCCC(C(=O)NC3CCOCC3)C2)n2ncnc2n1. The van der Waals surface area contributed by atoms with Crippen LogP contribution in [0.2, 0.25) is 0 Å². The van der Waals surface area contributed by atoms with Gasteiger partial charge < -0.3 is 15.0 Å². The average molecular weight is 344 g/mol. The van der Waals surface area contributed by atoms with E-state index in [1.165, 1.54) is 6.33 Å². The molecule has 25 heavy (non-hydrogen) atoms. The van der Waals surface area contributed by atoms with Gasteiger partial charge in [-0.15, -0.1) is 0 Å². The monoisotopic (exact) mass is 344 g/mol. The number of fused-ring (bicyclic) bond motifs is 1. The molecule has 2 aromatic heterocycles. The predicted molar refractivity (Wildman–Crippen MR) is 92.4 cm³/mol. The molecule has 4 rings (SSSR count). The molecule has 2 fully saturated rings. The number of aryl methyl sites for hydroxylation is 1. The molecule has 0 radical (unpaired) electrons. The molecule has 1 amide bonds. The molecule has 2 aromatic rings. The lowest BCUT2D eigenvalue weighted by atomic mass is 9.96. The van der Waals surface area contributed by atoms with Crippen molar-refractivity contribution in [3.8, 4) is 0 Å². The van der Waals surface area contributed by atoms with E-state index >= 15 is 0 Å². The number of aromatic nitrogens is 4. The average Bonchev–Trinajstić information content (AvgIpc) is 3.10. The summed E-state index contributed by atoms with van der Waals surface area (Å²) in [4.78, 5) is 23.5. The number of ether oxygens (including phenoxy) is 1. The molecule has 0 spiro atoms. The van der Waals surface area contributed by atoms with Crippen LogP contribution in [-0.4, -0.2) is 57.8 Å². The number of hydrogen-bond acceptors (Lipinski definition) is 6. The Morgan fingerprint density at radius 1 is 1.32 bits per heavy atom. The van der Waals surface area contributed by atoms with E-state index in [1.54, 1.807) is 4.52 Å². The van der Waals surface area contributed by atoms with Crippen LogP contribution in [-0.2, 0) is 9.53 Å². The van der Waals surface area contributed by atoms with Gasteiger partial charge in [0.05, 0.1) is 5.92 Å². The van der Waals surface area contributed by atoms with Gasteiger partial charge in [0.25, 0.3) is 5.78 Å². The Balaban J connectivity index is 1.48. The first-order chi connectivity index (χ1) is 12.2. The molecule has 4 heterocycles. The van der Waals surface area contributed by atoms with Gasteiger partial charge in [0.2, 0.25) is 5.91 Å². The van der Waals surface area contributed by atoms with Crippen LogP contribution in [0.5, 0.6) is 0 Å². The van der Waals surface area contributed by atoms with Crippen LogP contribution in [0.15, 0.2) is 12.4 Å². The molecule has 2 saturated heterocycles. The first-order valence-electron chi connectivity index (χ1n) is 9.01. The van der Waals surface area contributed by atoms with E-state index in [0.717, 1.165) is 57.0 Å². The minimum absolute atomic E-state index is 0.00337. The second-order valence-corrected chi connectivity index (χ2v) is 6.91. The number of carbonyl (C=O) groups is 1. The maximum atomic E-state index is 12.7. The van der Waals surface area contributed by atoms with Gasteiger partial charge in [-0.1, -0.05) is 0 Å². The Kier molecular flexibility index (Phi) is 4.52. The van der Waals surface area contributed by atoms with Crippen molar-refractivity contribution in [3.63, 3.8) is 0 Å². The van der Waals surface area contributed by atoms with Crippen LogP contribution < -0.4 is 10.2 Å². The van der Waals surface area contributed by atoms with Gasteiger partial charge in [0.1, 0.15) is 12.1 Å². The summed E-state index contributed by atoms with van der Waals surface area (Å²) in [5.74, 6) is 1.73. The van der Waals surface area contributed by atoms with Crippen molar-refractivity contribution >= 4 is 17.5 Å². The largest absolute Gasteiger partial charge is 0.381 e. The molecule has 134 valence electrons. The standard InChI is InChI=1S/C17H24N6O2/c1-12-9-15(23-17(20-12)18-11-19-23)22-6-2-3-13(10-22)16(24)21-14-4-7-25-8-5-14/h9,11,13-14H,2-8,10H2,1H3,(H,21,24). The number of nitrogens with one attached hydrogen (secondary N) is 1. The van der Waals surface area contributed by atoms with Gasteiger partial charge in [-0.25, -0.2) is 4.98 Å². The third-order valence-corrected chi connectivity index (χ3v) is 5.04. The van der Waals surface area contributed by atoms with Crippen molar-refractivity contribution in [2.24, 2.45) is 5.92 Å². The quantitative estimate of drug-likeness (QED) is 0.892. The number of piperidine rings is 1. The molecule has 8 heteroatoms. The minimum atomic E-state index is 0.00337. The summed E-state index contributed by atoms with van der Waals surface area (Å²) in [6.07, 6.45) is 5.25. The molecule has 2 aliphatic heterocycles. The number of carbonyl (C=O) groups excluding carboxylic acids is 1. The number of anilines is 1. The van der Waals surface area contributed by atoms with Crippen molar-refractivity contribution in [2.75, 3.05) is 31.2 Å². The van der Waals surface area contributed by atoms with Crippen LogP contribution in [0.25, 0.3) is 5.78 Å². The highest BCUT2D eigenvalue weighted by molar-refractivity contribution is 5.80. The fraction of sp³-hybridized carbons (Fsp3) is 0.647. The van der Waals surface area contributed by atoms with Crippen molar-refractivity contribution in [1.82, 2.24) is 24.9 Å². The molecule has 0 aliphatic carbocycles. The van der Waals surface area contributed by atoms with Gasteiger partial charge in [-0.2, -0.15) is 14.6 Å². The zero-order chi connectivity index (χ0) is 17.2. The highest BCUT2D eigenvalue weighted by atomic mass is 16.5. The molecule has 1 unspecified atom stereocenters. The molecular formula is C17H24N6O2. The number of hydrogen-bond donors (Lipinski definition) is 1. The summed E-state index contributed by atoms with van der Waals surface area (Å²) in [6.45, 7) is 5.05. The van der Waals surface area contributed by atoms with Crippen LogP contribution in [0.1, 0.15) is 31.4 Å². The topological polar surface area (TPSA) is 84.7 Å². The van der Waals surface area contributed by atoms with E-state index in [1.807, 2.05) is 13.0 Å². The van der Waals surface area contributed by atoms with Crippen molar-refractivity contribution in [3.05, 3.63) is 18.1 Å². The van der Waals surface area contributed by atoms with E-state index in [-0.39, 0.29) is 17.9 Å². The summed E-state index contributed by atoms with van der Waals surface area (Å²) >= 11 is 0. The molecule has 0 aromatic carbocycles. The first-order valence-corrected chi connectivity index (χ1v) is 9.01. The predicted octanol–water partition coefficient (Wildman–Crippen LogP) is 0.944. The second kappa shape index (κ2) is 6.95. The van der Waals surface area contributed by atoms with E-state index in [2.05, 4.69) is 25.3 Å². The fourth-order valence-electron chi connectivity index (χ4n) is 3.70. The van der Waals surface area contributed by atoms with Crippen LogP contribution in [0.4, 0.5) is 5.82 Å². The van der Waals surface area contributed by atoms with Gasteiger partial charge in [-0.05, 0) is 32.6 Å². The molecule has 0 bridgehead atoms. The van der Waals surface area contributed by atoms with Gasteiger partial charge in [0.15, 0.2) is 0 Å². The third-order valence-electron chi connectivity index (χ3n) is 5.04. The maximum Gasteiger partial charge on any atom is 0.254 e. The van der Waals surface area contributed by atoms with Crippen LogP contribution in [0, 0.1) is 12.8 Å². The highest BCUT2D eigenvalue weighted by Crippen LogP contribution is 2.24. The Labute approximate surface area is 146 Å². The Morgan fingerprint density at radius 2 is 2.16 bits per heavy atom. The number of nitrogens with zero attached hydrogens (tertiary/aromatic N) is 5. The van der Waals surface area contributed by atoms with Gasteiger partial charge in [0, 0.05) is 44.1 Å². The van der Waals surface area contributed by atoms with E-state index in [9.17, 15) is 4.79 Å². The maximum absolute atomic E-state index is 12.7. The Bertz CT molecular complexity index is 755. The van der Waals surface area contributed by atoms with E-state index < -0.39 is 0 Å². The lowest BCUT2D eigenvalue weighted by Crippen LogP contribution is -2.47. The van der Waals surface area contributed by atoms with E-state index in [0.29, 0.717) is 12.3 Å². The number of rotatable bonds is 3. The lowest BCUT2D eigenvalue weighted by molar-refractivity contribution is -0.126. The normalized spacial score (nSPS) is 22.3. The summed E-state index contributed by atoms with van der Waals surface area (Å²) < 4.78 is 7.12. The molecule has 2 aliphatic rings. The van der Waals surface area contributed by atoms with Gasteiger partial charge >= 0.3 is 0 Å². The minimum Gasteiger partial charge on any atom is -0.381 e. The number of amides is 1. The van der Waals surface area contributed by atoms with Gasteiger partial charge in [-0.3, -0.25) is 4.79 Å².